The van der Waals surface area contributed by atoms with Gasteiger partial charge in [-0.2, -0.15) is 0 Å². The van der Waals surface area contributed by atoms with Crippen molar-refractivity contribution in [2.75, 3.05) is 7.11 Å². The lowest BCUT2D eigenvalue weighted by Gasteiger charge is -2.04. The molecule has 1 saturated heterocycles. The molecular weight excluding hydrogens is 358 g/mol. The summed E-state index contributed by atoms with van der Waals surface area (Å²) in [4.78, 5) is 20.7. The molecule has 1 N–H and O–H groups in total. The Morgan fingerprint density at radius 2 is 2.24 bits per heavy atom. The van der Waals surface area contributed by atoms with E-state index in [9.17, 15) is 4.79 Å². The molecule has 0 unspecified atom stereocenters. The number of fused-ring (bicyclic) bond motifs is 1. The van der Waals surface area contributed by atoms with Crippen molar-refractivity contribution >= 4 is 51.3 Å². The van der Waals surface area contributed by atoms with Crippen LogP contribution in [0.25, 0.3) is 28.2 Å². The summed E-state index contributed by atoms with van der Waals surface area (Å²) in [5.74, 6) is 0.858. The molecule has 8 heteroatoms. The van der Waals surface area contributed by atoms with Crippen LogP contribution in [0.5, 0.6) is 5.88 Å². The fourth-order valence-electron chi connectivity index (χ4n) is 2.50. The van der Waals surface area contributed by atoms with Crippen molar-refractivity contribution in [3.8, 4) is 17.0 Å². The van der Waals surface area contributed by atoms with Crippen LogP contribution in [-0.2, 0) is 4.79 Å². The Labute approximate surface area is 152 Å². The standard InChI is InChI=1S/C17H11N3O3S2/c1-22-14-5-9(2-3-19-14)12-8-18-7-10-4-11(23-15(10)12)6-13-16(21)20-17(24)25-13/h2-8H,1H3,(H,20,21,24). The minimum Gasteiger partial charge on any atom is -0.481 e. The Bertz CT molecular complexity index is 1040. The van der Waals surface area contributed by atoms with Crippen LogP contribution in [0.15, 0.2) is 46.1 Å². The Hall–Kier alpha value is -2.71. The lowest BCUT2D eigenvalue weighted by Crippen LogP contribution is -2.17. The van der Waals surface area contributed by atoms with E-state index in [4.69, 9.17) is 21.4 Å². The smallest absolute Gasteiger partial charge is 0.263 e. The van der Waals surface area contributed by atoms with Crippen LogP contribution < -0.4 is 10.1 Å². The molecule has 0 aliphatic carbocycles. The summed E-state index contributed by atoms with van der Waals surface area (Å²) in [7, 11) is 1.57. The van der Waals surface area contributed by atoms with Gasteiger partial charge >= 0.3 is 0 Å². The Morgan fingerprint density at radius 3 is 3.00 bits per heavy atom. The quantitative estimate of drug-likeness (QED) is 0.560. The van der Waals surface area contributed by atoms with Crippen LogP contribution in [0.3, 0.4) is 0 Å². The van der Waals surface area contributed by atoms with Gasteiger partial charge in [0.2, 0.25) is 5.88 Å². The van der Waals surface area contributed by atoms with Gasteiger partial charge < -0.3 is 14.5 Å². The van der Waals surface area contributed by atoms with Gasteiger partial charge in [0.1, 0.15) is 15.7 Å². The number of pyridine rings is 2. The number of aromatic nitrogens is 2. The highest BCUT2D eigenvalue weighted by Crippen LogP contribution is 2.33. The van der Waals surface area contributed by atoms with Crippen LogP contribution >= 0.6 is 24.0 Å². The predicted molar refractivity (Wildman–Crippen MR) is 100 cm³/mol. The number of hydrogen-bond donors (Lipinski definition) is 1. The van der Waals surface area contributed by atoms with Gasteiger partial charge in [-0.15, -0.1) is 0 Å². The fourth-order valence-corrected chi connectivity index (χ4v) is 3.52. The number of carbonyl (C=O) groups is 1. The number of amides is 1. The molecule has 0 atom stereocenters. The number of nitrogens with zero attached hydrogens (tertiary/aromatic N) is 2. The number of furan rings is 1. The summed E-state index contributed by atoms with van der Waals surface area (Å²) in [5.41, 5.74) is 2.38. The van der Waals surface area contributed by atoms with Gasteiger partial charge in [0.15, 0.2) is 0 Å². The van der Waals surface area contributed by atoms with Crippen LogP contribution in [0, 0.1) is 0 Å². The topological polar surface area (TPSA) is 77.2 Å². The molecule has 3 aromatic heterocycles. The highest BCUT2D eigenvalue weighted by atomic mass is 32.2. The third kappa shape index (κ3) is 3.01. The van der Waals surface area contributed by atoms with Crippen LogP contribution in [0.2, 0.25) is 0 Å². The van der Waals surface area contributed by atoms with Gasteiger partial charge in [-0.3, -0.25) is 9.78 Å². The molecule has 4 heterocycles. The second-order valence-electron chi connectivity index (χ2n) is 5.19. The second-order valence-corrected chi connectivity index (χ2v) is 6.91. The zero-order valence-corrected chi connectivity index (χ0v) is 14.6. The van der Waals surface area contributed by atoms with Crippen molar-refractivity contribution in [3.63, 3.8) is 0 Å². The molecule has 3 aromatic rings. The molecule has 1 fully saturated rings. The van der Waals surface area contributed by atoms with E-state index in [2.05, 4.69) is 15.3 Å². The van der Waals surface area contributed by atoms with E-state index < -0.39 is 0 Å². The number of carbonyl (C=O) groups excluding carboxylic acids is 1. The first-order valence-electron chi connectivity index (χ1n) is 7.27. The summed E-state index contributed by atoms with van der Waals surface area (Å²) in [6.07, 6.45) is 6.79. The summed E-state index contributed by atoms with van der Waals surface area (Å²) in [6, 6.07) is 5.51. The van der Waals surface area contributed by atoms with E-state index in [0.29, 0.717) is 26.4 Å². The number of thioether (sulfide) groups is 1. The van der Waals surface area contributed by atoms with E-state index in [1.807, 2.05) is 18.2 Å². The predicted octanol–water partition coefficient (Wildman–Crippen LogP) is 3.39. The van der Waals surface area contributed by atoms with Gasteiger partial charge in [-0.25, -0.2) is 4.98 Å². The average Bonchev–Trinajstić information content (AvgIpc) is 3.17. The zero-order chi connectivity index (χ0) is 17.4. The number of thiocarbonyl (C=S) groups is 1. The maximum absolute atomic E-state index is 11.8. The number of nitrogens with one attached hydrogen (secondary N) is 1. The summed E-state index contributed by atoms with van der Waals surface area (Å²) in [5, 5.41) is 3.42. The molecule has 0 aromatic carbocycles. The number of ether oxygens (including phenoxy) is 1. The Balaban J connectivity index is 1.80. The lowest BCUT2D eigenvalue weighted by molar-refractivity contribution is -0.115. The van der Waals surface area contributed by atoms with Crippen LogP contribution in [0.4, 0.5) is 0 Å². The maximum atomic E-state index is 11.8. The molecule has 0 saturated carbocycles. The van der Waals surface area contributed by atoms with Crippen molar-refractivity contribution in [2.24, 2.45) is 0 Å². The van der Waals surface area contributed by atoms with E-state index >= 15 is 0 Å². The Morgan fingerprint density at radius 1 is 1.36 bits per heavy atom. The molecule has 1 aliphatic heterocycles. The van der Waals surface area contributed by atoms with Gasteiger partial charge in [0.25, 0.3) is 5.91 Å². The Kier molecular flexibility index (Phi) is 3.98. The minimum absolute atomic E-state index is 0.215. The van der Waals surface area contributed by atoms with E-state index in [0.717, 1.165) is 16.5 Å². The van der Waals surface area contributed by atoms with Crippen molar-refractivity contribution in [1.29, 1.82) is 0 Å². The molecule has 1 amide bonds. The molecule has 4 rings (SSSR count). The van der Waals surface area contributed by atoms with Gasteiger partial charge in [0.05, 0.1) is 12.0 Å². The van der Waals surface area contributed by atoms with Gasteiger partial charge in [0, 0.05) is 41.7 Å². The van der Waals surface area contributed by atoms with Gasteiger partial charge in [-0.05, 0) is 17.7 Å². The van der Waals surface area contributed by atoms with Crippen LogP contribution in [-0.4, -0.2) is 27.3 Å². The van der Waals surface area contributed by atoms with Crippen LogP contribution in [0.1, 0.15) is 5.76 Å². The first-order valence-corrected chi connectivity index (χ1v) is 8.49. The average molecular weight is 369 g/mol. The maximum Gasteiger partial charge on any atom is 0.263 e. The second kappa shape index (κ2) is 6.30. The normalized spacial score (nSPS) is 15.8. The largest absolute Gasteiger partial charge is 0.481 e. The molecule has 25 heavy (non-hydrogen) atoms. The molecule has 6 nitrogen and oxygen atoms in total. The van der Waals surface area contributed by atoms with E-state index in [-0.39, 0.29) is 5.91 Å². The SMILES string of the molecule is COc1cc(-c2cncc3cc(C=C4SC(=S)NC4=O)oc23)ccn1. The fraction of sp³-hybridized carbons (Fsp3) is 0.0588. The van der Waals surface area contributed by atoms with E-state index in [1.165, 1.54) is 11.8 Å². The summed E-state index contributed by atoms with van der Waals surface area (Å²) >= 11 is 6.21. The monoisotopic (exact) mass is 369 g/mol. The van der Waals surface area contributed by atoms with E-state index in [1.54, 1.807) is 31.8 Å². The van der Waals surface area contributed by atoms with Gasteiger partial charge in [-0.1, -0.05) is 24.0 Å². The third-order valence-electron chi connectivity index (χ3n) is 3.61. The molecule has 0 radical (unpaired) electrons. The third-order valence-corrected chi connectivity index (χ3v) is 4.77. The minimum atomic E-state index is -0.215. The van der Waals surface area contributed by atoms with Crippen molar-refractivity contribution < 1.29 is 13.9 Å². The van der Waals surface area contributed by atoms with Crippen molar-refractivity contribution in [2.45, 2.75) is 0 Å². The lowest BCUT2D eigenvalue weighted by atomic mass is 10.1. The first-order chi connectivity index (χ1) is 12.1. The van der Waals surface area contributed by atoms with Crippen molar-refractivity contribution in [3.05, 3.63) is 47.5 Å². The number of hydrogen-bond acceptors (Lipinski definition) is 7. The summed E-state index contributed by atoms with van der Waals surface area (Å²) < 4.78 is 11.6. The zero-order valence-electron chi connectivity index (χ0n) is 13.0. The summed E-state index contributed by atoms with van der Waals surface area (Å²) in [6.45, 7) is 0. The molecule has 0 bridgehead atoms. The first kappa shape index (κ1) is 15.8. The molecular formula is C17H11N3O3S2. The number of methoxy groups -OCH3 is 1. The molecule has 1 aliphatic rings. The number of rotatable bonds is 3. The molecule has 0 spiro atoms. The molecule has 124 valence electrons. The highest BCUT2D eigenvalue weighted by molar-refractivity contribution is 8.26. The van der Waals surface area contributed by atoms with Crippen molar-refractivity contribution in [1.82, 2.24) is 15.3 Å². The highest BCUT2D eigenvalue weighted by Gasteiger charge is 2.23.